The van der Waals surface area contributed by atoms with Gasteiger partial charge in [-0.15, -0.1) is 0 Å². The van der Waals surface area contributed by atoms with E-state index in [4.69, 9.17) is 5.73 Å². The Bertz CT molecular complexity index is 713. The highest BCUT2D eigenvalue weighted by Gasteiger charge is 2.09. The lowest BCUT2D eigenvalue weighted by Crippen LogP contribution is -2.17. The zero-order chi connectivity index (χ0) is 14.7. The van der Waals surface area contributed by atoms with E-state index in [1.165, 1.54) is 17.5 Å². The maximum atomic E-state index is 6.35. The average molecular weight is 279 g/mol. The summed E-state index contributed by atoms with van der Waals surface area (Å²) in [5.74, 6) is 0. The fourth-order valence-electron chi connectivity index (χ4n) is 2.69. The molecule has 0 saturated heterocycles. The summed E-state index contributed by atoms with van der Waals surface area (Å²) < 4.78 is 2.12. The minimum atomic E-state index is -0.0155. The number of hydrogen-bond donors (Lipinski definition) is 1. The largest absolute Gasteiger partial charge is 0.329 e. The van der Waals surface area contributed by atoms with Crippen LogP contribution in [0, 0.1) is 0 Å². The molecule has 108 valence electrons. The van der Waals surface area contributed by atoms with Crippen LogP contribution in [0.25, 0.3) is 11.0 Å². The molecule has 1 atom stereocenters. The van der Waals surface area contributed by atoms with Gasteiger partial charge in [0.1, 0.15) is 0 Å². The van der Waals surface area contributed by atoms with Crippen LogP contribution in [-0.2, 0) is 13.0 Å². The molecule has 3 heteroatoms. The predicted molar refractivity (Wildman–Crippen MR) is 87.1 cm³/mol. The molecule has 2 N–H and O–H groups in total. The van der Waals surface area contributed by atoms with Crippen molar-refractivity contribution >= 4 is 11.0 Å². The smallest absolute Gasteiger partial charge is 0.0958 e. The molecule has 0 fully saturated rings. The first kappa shape index (κ1) is 13.8. The van der Waals surface area contributed by atoms with E-state index in [-0.39, 0.29) is 6.04 Å². The first-order valence-corrected chi connectivity index (χ1v) is 7.52. The first-order valence-electron chi connectivity index (χ1n) is 7.52. The molecule has 0 aliphatic heterocycles. The van der Waals surface area contributed by atoms with Crippen molar-refractivity contribution in [1.29, 1.82) is 0 Å². The maximum Gasteiger partial charge on any atom is 0.0958 e. The van der Waals surface area contributed by atoms with Crippen LogP contribution in [0.5, 0.6) is 0 Å². The van der Waals surface area contributed by atoms with Gasteiger partial charge in [-0.05, 0) is 29.7 Å². The summed E-state index contributed by atoms with van der Waals surface area (Å²) >= 11 is 0. The molecule has 3 aromatic rings. The van der Waals surface area contributed by atoms with Gasteiger partial charge in [0, 0.05) is 12.6 Å². The molecule has 3 nitrogen and oxygen atoms in total. The standard InChI is InChI=1S/C18H21N3/c1-2-5-14-8-10-15(11-9-14)16(19)12-21-13-20-17-6-3-4-7-18(17)21/h3-4,6-11,13,16H,2,5,12,19H2,1H3. The summed E-state index contributed by atoms with van der Waals surface area (Å²) in [6.45, 7) is 2.94. The Balaban J connectivity index is 1.77. The van der Waals surface area contributed by atoms with E-state index in [1.54, 1.807) is 0 Å². The number of aromatic nitrogens is 2. The number of para-hydroxylation sites is 2. The Kier molecular flexibility index (Phi) is 4.02. The van der Waals surface area contributed by atoms with Crippen LogP contribution in [0.1, 0.15) is 30.5 Å². The van der Waals surface area contributed by atoms with Gasteiger partial charge in [-0.1, -0.05) is 49.7 Å². The fourth-order valence-corrected chi connectivity index (χ4v) is 2.69. The molecule has 0 bridgehead atoms. The molecule has 3 rings (SSSR count). The van der Waals surface area contributed by atoms with Crippen molar-refractivity contribution in [3.05, 3.63) is 66.0 Å². The Morgan fingerprint density at radius 2 is 1.86 bits per heavy atom. The van der Waals surface area contributed by atoms with E-state index in [2.05, 4.69) is 46.8 Å². The van der Waals surface area contributed by atoms with E-state index < -0.39 is 0 Å². The van der Waals surface area contributed by atoms with Gasteiger partial charge in [-0.25, -0.2) is 4.98 Å². The second kappa shape index (κ2) is 6.10. The normalized spacial score (nSPS) is 12.7. The molecule has 2 aromatic carbocycles. The van der Waals surface area contributed by atoms with Crippen LogP contribution in [-0.4, -0.2) is 9.55 Å². The second-order valence-electron chi connectivity index (χ2n) is 5.48. The molecule has 0 amide bonds. The average Bonchev–Trinajstić information content (AvgIpc) is 2.92. The highest BCUT2D eigenvalue weighted by atomic mass is 15.1. The summed E-state index contributed by atoms with van der Waals surface area (Å²) in [6.07, 6.45) is 4.17. The van der Waals surface area contributed by atoms with E-state index in [1.807, 2.05) is 24.5 Å². The zero-order valence-corrected chi connectivity index (χ0v) is 12.4. The number of aryl methyl sites for hydroxylation is 1. The third kappa shape index (κ3) is 2.98. The monoisotopic (exact) mass is 279 g/mol. The Hall–Kier alpha value is -2.13. The SMILES string of the molecule is CCCc1ccc(C(N)Cn2cnc3ccccc32)cc1. The molecule has 0 spiro atoms. The van der Waals surface area contributed by atoms with Crippen molar-refractivity contribution in [2.45, 2.75) is 32.4 Å². The molecular formula is C18H21N3. The van der Waals surface area contributed by atoms with Crippen molar-refractivity contribution in [3.63, 3.8) is 0 Å². The molecule has 0 saturated carbocycles. The van der Waals surface area contributed by atoms with Crippen LogP contribution < -0.4 is 5.73 Å². The van der Waals surface area contributed by atoms with Crippen LogP contribution >= 0.6 is 0 Å². The summed E-state index contributed by atoms with van der Waals surface area (Å²) in [4.78, 5) is 4.41. The third-order valence-corrected chi connectivity index (χ3v) is 3.87. The lowest BCUT2D eigenvalue weighted by Gasteiger charge is -2.14. The lowest BCUT2D eigenvalue weighted by molar-refractivity contribution is 0.588. The topological polar surface area (TPSA) is 43.8 Å². The predicted octanol–water partition coefficient (Wildman–Crippen LogP) is 3.69. The van der Waals surface area contributed by atoms with Crippen molar-refractivity contribution in [2.24, 2.45) is 5.73 Å². The summed E-state index contributed by atoms with van der Waals surface area (Å²) in [6, 6.07) is 16.8. The Labute approximate surface area is 125 Å². The molecule has 0 aliphatic rings. The molecule has 0 radical (unpaired) electrons. The minimum Gasteiger partial charge on any atom is -0.329 e. The van der Waals surface area contributed by atoms with Gasteiger partial charge in [-0.2, -0.15) is 0 Å². The fraction of sp³-hybridized carbons (Fsp3) is 0.278. The van der Waals surface area contributed by atoms with Crippen molar-refractivity contribution in [3.8, 4) is 0 Å². The number of nitrogens with two attached hydrogens (primary N) is 1. The van der Waals surface area contributed by atoms with Gasteiger partial charge in [0.15, 0.2) is 0 Å². The van der Waals surface area contributed by atoms with Crippen LogP contribution in [0.15, 0.2) is 54.9 Å². The quantitative estimate of drug-likeness (QED) is 0.774. The van der Waals surface area contributed by atoms with Gasteiger partial charge in [-0.3, -0.25) is 0 Å². The van der Waals surface area contributed by atoms with Gasteiger partial charge < -0.3 is 10.3 Å². The zero-order valence-electron chi connectivity index (χ0n) is 12.4. The molecule has 1 heterocycles. The number of benzene rings is 2. The lowest BCUT2D eigenvalue weighted by atomic mass is 10.0. The van der Waals surface area contributed by atoms with E-state index in [0.717, 1.165) is 24.0 Å². The van der Waals surface area contributed by atoms with Gasteiger partial charge in [0.05, 0.1) is 17.4 Å². The van der Waals surface area contributed by atoms with E-state index in [0.29, 0.717) is 0 Å². The van der Waals surface area contributed by atoms with Crippen LogP contribution in [0.2, 0.25) is 0 Å². The number of hydrogen-bond acceptors (Lipinski definition) is 2. The number of fused-ring (bicyclic) bond motifs is 1. The number of imidazole rings is 1. The van der Waals surface area contributed by atoms with Crippen LogP contribution in [0.4, 0.5) is 0 Å². The first-order chi connectivity index (χ1) is 10.3. The van der Waals surface area contributed by atoms with Crippen molar-refractivity contribution in [1.82, 2.24) is 9.55 Å². The molecule has 1 aromatic heterocycles. The molecule has 21 heavy (non-hydrogen) atoms. The molecule has 1 unspecified atom stereocenters. The second-order valence-corrected chi connectivity index (χ2v) is 5.48. The minimum absolute atomic E-state index is 0.0155. The van der Waals surface area contributed by atoms with Crippen molar-refractivity contribution < 1.29 is 0 Å². The summed E-state index contributed by atoms with van der Waals surface area (Å²) in [5.41, 5.74) is 11.1. The number of rotatable bonds is 5. The highest BCUT2D eigenvalue weighted by molar-refractivity contribution is 5.74. The van der Waals surface area contributed by atoms with E-state index >= 15 is 0 Å². The summed E-state index contributed by atoms with van der Waals surface area (Å²) in [7, 11) is 0. The third-order valence-electron chi connectivity index (χ3n) is 3.87. The van der Waals surface area contributed by atoms with Gasteiger partial charge >= 0.3 is 0 Å². The van der Waals surface area contributed by atoms with Crippen LogP contribution in [0.3, 0.4) is 0 Å². The number of nitrogens with zero attached hydrogens (tertiary/aromatic N) is 2. The Morgan fingerprint density at radius 3 is 2.62 bits per heavy atom. The molecular weight excluding hydrogens is 258 g/mol. The van der Waals surface area contributed by atoms with E-state index in [9.17, 15) is 0 Å². The summed E-state index contributed by atoms with van der Waals surface area (Å²) in [5, 5.41) is 0. The highest BCUT2D eigenvalue weighted by Crippen LogP contribution is 2.18. The van der Waals surface area contributed by atoms with Gasteiger partial charge in [0.25, 0.3) is 0 Å². The van der Waals surface area contributed by atoms with Crippen molar-refractivity contribution in [2.75, 3.05) is 0 Å². The Morgan fingerprint density at radius 1 is 1.10 bits per heavy atom. The molecule has 0 aliphatic carbocycles. The maximum absolute atomic E-state index is 6.35. The van der Waals surface area contributed by atoms with Gasteiger partial charge in [0.2, 0.25) is 0 Å².